The Morgan fingerprint density at radius 2 is 1.93 bits per heavy atom. The van der Waals surface area contributed by atoms with Gasteiger partial charge < -0.3 is 4.57 Å². The lowest BCUT2D eigenvalue weighted by Gasteiger charge is -2.33. The zero-order chi connectivity index (χ0) is 20.7. The van der Waals surface area contributed by atoms with Gasteiger partial charge in [0.25, 0.3) is 0 Å². The molecule has 4 aromatic rings. The minimum Gasteiger partial charge on any atom is -0.306 e. The van der Waals surface area contributed by atoms with E-state index in [4.69, 9.17) is 0 Å². The van der Waals surface area contributed by atoms with E-state index in [2.05, 4.69) is 91.6 Å². The van der Waals surface area contributed by atoms with E-state index in [-0.39, 0.29) is 6.04 Å². The molecule has 0 N–H and O–H groups in total. The van der Waals surface area contributed by atoms with Crippen LogP contribution in [0.5, 0.6) is 0 Å². The molecule has 0 radical (unpaired) electrons. The lowest BCUT2D eigenvalue weighted by atomic mass is 10.1. The molecule has 1 atom stereocenters. The van der Waals surface area contributed by atoms with Crippen molar-refractivity contribution in [3.8, 4) is 21.3 Å². The quantitative estimate of drug-likeness (QED) is 0.429. The Kier molecular flexibility index (Phi) is 5.22. The van der Waals surface area contributed by atoms with Crippen molar-refractivity contribution in [3.05, 3.63) is 59.0 Å². The number of thiophene rings is 1. The van der Waals surface area contributed by atoms with Crippen LogP contribution in [0.15, 0.2) is 41.8 Å². The molecule has 5 rings (SSSR count). The summed E-state index contributed by atoms with van der Waals surface area (Å²) < 4.78 is 6.69. The summed E-state index contributed by atoms with van der Waals surface area (Å²) in [5, 5.41) is 12.0. The summed E-state index contributed by atoms with van der Waals surface area (Å²) in [4.78, 5) is 8.45. The second-order valence-electron chi connectivity index (χ2n) is 7.97. The van der Waals surface area contributed by atoms with Crippen LogP contribution in [0.3, 0.4) is 0 Å². The zero-order valence-corrected chi connectivity index (χ0v) is 19.0. The number of fused-ring (bicyclic) bond motifs is 1. The molecule has 6 nitrogen and oxygen atoms in total. The number of nitrogens with zero attached hydrogens (tertiary/aromatic N) is 6. The predicted molar refractivity (Wildman–Crippen MR) is 122 cm³/mol. The van der Waals surface area contributed by atoms with Crippen molar-refractivity contribution in [1.29, 1.82) is 0 Å². The average molecular weight is 437 g/mol. The standard InChI is InChI=1S/C22H24N6S2/c1-14(2)19-23-22(30-26-19)21-25-24-20-15(3)27(10-11-28(20)21)13-16-6-8-17(9-7-16)18-5-4-12-29-18/h4-9,12,14-15H,10-11,13H2,1-3H3/t15-/m1/s1. The van der Waals surface area contributed by atoms with E-state index in [1.165, 1.54) is 27.5 Å². The Balaban J connectivity index is 1.33. The fourth-order valence-corrected chi connectivity index (χ4v) is 5.35. The Labute approximate surface area is 184 Å². The smallest absolute Gasteiger partial charge is 0.194 e. The first-order chi connectivity index (χ1) is 14.6. The topological polar surface area (TPSA) is 59.7 Å². The predicted octanol–water partition coefficient (Wildman–Crippen LogP) is 5.23. The van der Waals surface area contributed by atoms with Crippen LogP contribution >= 0.6 is 22.9 Å². The minimum atomic E-state index is 0.203. The molecule has 0 unspecified atom stereocenters. The van der Waals surface area contributed by atoms with Crippen LogP contribution in [0.1, 0.15) is 49.9 Å². The molecule has 0 aliphatic carbocycles. The van der Waals surface area contributed by atoms with E-state index in [0.29, 0.717) is 5.92 Å². The molecule has 0 bridgehead atoms. The number of benzene rings is 1. The van der Waals surface area contributed by atoms with Gasteiger partial charge in [0.1, 0.15) is 5.82 Å². The molecule has 1 aliphatic heterocycles. The third-order valence-electron chi connectivity index (χ3n) is 5.61. The van der Waals surface area contributed by atoms with Gasteiger partial charge in [-0.1, -0.05) is 44.2 Å². The van der Waals surface area contributed by atoms with Crippen molar-refractivity contribution >= 4 is 22.9 Å². The summed E-state index contributed by atoms with van der Waals surface area (Å²) >= 11 is 3.19. The molecular formula is C22H24N6S2. The third kappa shape index (κ3) is 3.59. The maximum Gasteiger partial charge on any atom is 0.194 e. The lowest BCUT2D eigenvalue weighted by Crippen LogP contribution is -2.36. The Morgan fingerprint density at radius 3 is 2.63 bits per heavy atom. The number of rotatable bonds is 5. The van der Waals surface area contributed by atoms with E-state index in [0.717, 1.165) is 42.1 Å². The molecule has 0 amide bonds. The molecule has 1 aliphatic rings. The minimum absolute atomic E-state index is 0.203. The monoisotopic (exact) mass is 436 g/mol. The van der Waals surface area contributed by atoms with Gasteiger partial charge >= 0.3 is 0 Å². The SMILES string of the molecule is CC(C)c1nsc(-c2nnc3n2CCN(Cc2ccc(-c4cccs4)cc2)[C@@H]3C)n1. The van der Waals surface area contributed by atoms with Crippen LogP contribution in [0.4, 0.5) is 0 Å². The highest BCUT2D eigenvalue weighted by molar-refractivity contribution is 7.13. The number of hydrogen-bond acceptors (Lipinski definition) is 7. The Morgan fingerprint density at radius 1 is 1.10 bits per heavy atom. The molecule has 154 valence electrons. The highest BCUT2D eigenvalue weighted by Gasteiger charge is 2.29. The van der Waals surface area contributed by atoms with E-state index >= 15 is 0 Å². The van der Waals surface area contributed by atoms with Crippen LogP contribution < -0.4 is 0 Å². The molecule has 0 spiro atoms. The first-order valence-electron chi connectivity index (χ1n) is 10.2. The molecule has 4 heterocycles. The van der Waals surface area contributed by atoms with Gasteiger partial charge in [-0.3, -0.25) is 4.90 Å². The van der Waals surface area contributed by atoms with Crippen LogP contribution in [0.2, 0.25) is 0 Å². The zero-order valence-electron chi connectivity index (χ0n) is 17.3. The van der Waals surface area contributed by atoms with Crippen molar-refractivity contribution in [2.45, 2.75) is 45.8 Å². The summed E-state index contributed by atoms with van der Waals surface area (Å²) in [5.41, 5.74) is 2.60. The number of aromatic nitrogens is 5. The van der Waals surface area contributed by atoms with E-state index in [1.807, 2.05) is 0 Å². The van der Waals surface area contributed by atoms with Crippen LogP contribution in [-0.4, -0.2) is 35.6 Å². The maximum absolute atomic E-state index is 4.67. The van der Waals surface area contributed by atoms with Gasteiger partial charge in [0.2, 0.25) is 0 Å². The summed E-state index contributed by atoms with van der Waals surface area (Å²) in [6.45, 7) is 9.16. The molecule has 0 saturated heterocycles. The van der Waals surface area contributed by atoms with Crippen molar-refractivity contribution in [2.24, 2.45) is 0 Å². The van der Waals surface area contributed by atoms with E-state index in [1.54, 1.807) is 11.3 Å². The van der Waals surface area contributed by atoms with Crippen molar-refractivity contribution in [2.75, 3.05) is 6.54 Å². The largest absolute Gasteiger partial charge is 0.306 e. The first kappa shape index (κ1) is 19.5. The number of hydrogen-bond donors (Lipinski definition) is 0. The summed E-state index contributed by atoms with van der Waals surface area (Å²) in [6.07, 6.45) is 0. The van der Waals surface area contributed by atoms with Gasteiger partial charge in [0.15, 0.2) is 16.7 Å². The summed E-state index contributed by atoms with van der Waals surface area (Å²) in [6, 6.07) is 13.4. The van der Waals surface area contributed by atoms with Crippen molar-refractivity contribution in [3.63, 3.8) is 0 Å². The fourth-order valence-electron chi connectivity index (χ4n) is 3.82. The normalized spacial score (nSPS) is 16.9. The maximum atomic E-state index is 4.67. The third-order valence-corrected chi connectivity index (χ3v) is 7.25. The van der Waals surface area contributed by atoms with Crippen molar-refractivity contribution in [1.82, 2.24) is 29.0 Å². The van der Waals surface area contributed by atoms with Gasteiger partial charge in [0, 0.05) is 30.4 Å². The molecule has 3 aromatic heterocycles. The molecule has 1 aromatic carbocycles. The second-order valence-corrected chi connectivity index (χ2v) is 9.67. The molecule has 0 fully saturated rings. The highest BCUT2D eigenvalue weighted by Crippen LogP contribution is 2.31. The molecule has 8 heteroatoms. The molecular weight excluding hydrogens is 412 g/mol. The van der Waals surface area contributed by atoms with Gasteiger partial charge in [-0.2, -0.15) is 4.37 Å². The summed E-state index contributed by atoms with van der Waals surface area (Å²) in [5.74, 6) is 3.05. The van der Waals surface area contributed by atoms with E-state index < -0.39 is 0 Å². The molecule has 30 heavy (non-hydrogen) atoms. The van der Waals surface area contributed by atoms with Crippen LogP contribution in [0, 0.1) is 0 Å². The highest BCUT2D eigenvalue weighted by atomic mass is 32.1. The van der Waals surface area contributed by atoms with Crippen LogP contribution in [-0.2, 0) is 13.1 Å². The fraction of sp³-hybridized carbons (Fsp3) is 0.364. The Hall–Kier alpha value is -2.42. The van der Waals surface area contributed by atoms with Gasteiger partial charge in [-0.15, -0.1) is 21.5 Å². The van der Waals surface area contributed by atoms with Gasteiger partial charge in [0.05, 0.1) is 6.04 Å². The summed E-state index contributed by atoms with van der Waals surface area (Å²) in [7, 11) is 0. The molecule has 0 saturated carbocycles. The van der Waals surface area contributed by atoms with Gasteiger partial charge in [-0.05, 0) is 41.0 Å². The Bertz CT molecular complexity index is 1130. The van der Waals surface area contributed by atoms with Crippen LogP contribution in [0.25, 0.3) is 21.3 Å². The average Bonchev–Trinajstić information content (AvgIpc) is 3.51. The lowest BCUT2D eigenvalue weighted by molar-refractivity contribution is 0.157. The van der Waals surface area contributed by atoms with E-state index in [9.17, 15) is 0 Å². The second kappa shape index (κ2) is 8.02. The van der Waals surface area contributed by atoms with Crippen molar-refractivity contribution < 1.29 is 0 Å². The van der Waals surface area contributed by atoms with Gasteiger partial charge in [-0.25, -0.2) is 4.98 Å². The first-order valence-corrected chi connectivity index (χ1v) is 11.9.